The number of carbonyl (C=O) groups is 1. The van der Waals surface area contributed by atoms with Crippen LogP contribution in [-0.2, 0) is 4.79 Å². The van der Waals surface area contributed by atoms with Crippen molar-refractivity contribution < 1.29 is 9.90 Å². The molecule has 1 heterocycles. The smallest absolute Gasteiger partial charge is 0.268 e. The molecule has 5 nitrogen and oxygen atoms in total. The van der Waals surface area contributed by atoms with E-state index in [4.69, 9.17) is 0 Å². The molecule has 0 saturated heterocycles. The molecule has 2 aromatic carbocycles. The van der Waals surface area contributed by atoms with Gasteiger partial charge in [0, 0.05) is 10.9 Å². The molecule has 0 unspecified atom stereocenters. The number of hydrogen-bond donors (Lipinski definition) is 2. The number of benzene rings is 2. The number of nitrogens with one attached hydrogen (secondary N) is 1. The van der Waals surface area contributed by atoms with Crippen molar-refractivity contribution in [2.75, 3.05) is 5.32 Å². The molecule has 0 fully saturated rings. The summed E-state index contributed by atoms with van der Waals surface area (Å²) in [6.07, 6.45) is 1.46. The number of rotatable bonds is 4. The SMILES string of the molecule is N#C/C(=C/c1ccc(O)cc1)C(=O)Nc1nc(-c2ccccc2)cs1. The van der Waals surface area contributed by atoms with E-state index in [-0.39, 0.29) is 11.3 Å². The number of thiazole rings is 1. The largest absolute Gasteiger partial charge is 0.508 e. The van der Waals surface area contributed by atoms with Crippen molar-refractivity contribution in [3.8, 4) is 23.1 Å². The topological polar surface area (TPSA) is 86.0 Å². The first-order chi connectivity index (χ1) is 12.2. The molecule has 1 amide bonds. The Morgan fingerprint density at radius 1 is 1.16 bits per heavy atom. The number of carbonyl (C=O) groups excluding carboxylic acids is 1. The highest BCUT2D eigenvalue weighted by molar-refractivity contribution is 7.14. The third-order valence-corrected chi connectivity index (χ3v) is 4.12. The molecule has 1 aromatic heterocycles. The van der Waals surface area contributed by atoms with Gasteiger partial charge in [-0.3, -0.25) is 10.1 Å². The van der Waals surface area contributed by atoms with Crippen LogP contribution >= 0.6 is 11.3 Å². The van der Waals surface area contributed by atoms with Crippen LogP contribution in [0.25, 0.3) is 17.3 Å². The molecule has 6 heteroatoms. The summed E-state index contributed by atoms with van der Waals surface area (Å²) >= 11 is 1.30. The maximum atomic E-state index is 12.3. The average molecular weight is 347 g/mol. The highest BCUT2D eigenvalue weighted by atomic mass is 32.1. The highest BCUT2D eigenvalue weighted by Crippen LogP contribution is 2.25. The van der Waals surface area contributed by atoms with Crippen LogP contribution < -0.4 is 5.32 Å². The van der Waals surface area contributed by atoms with Gasteiger partial charge in [-0.25, -0.2) is 4.98 Å². The number of phenols is 1. The zero-order chi connectivity index (χ0) is 17.6. The number of nitrogens with zero attached hydrogens (tertiary/aromatic N) is 2. The second kappa shape index (κ2) is 7.43. The van der Waals surface area contributed by atoms with Gasteiger partial charge in [-0.2, -0.15) is 5.26 Å². The van der Waals surface area contributed by atoms with E-state index in [1.807, 2.05) is 41.8 Å². The lowest BCUT2D eigenvalue weighted by atomic mass is 10.1. The maximum absolute atomic E-state index is 12.3. The van der Waals surface area contributed by atoms with Gasteiger partial charge in [0.2, 0.25) is 0 Å². The Morgan fingerprint density at radius 3 is 2.56 bits per heavy atom. The zero-order valence-corrected chi connectivity index (χ0v) is 13.8. The van der Waals surface area contributed by atoms with E-state index in [9.17, 15) is 15.2 Å². The summed E-state index contributed by atoms with van der Waals surface area (Å²) < 4.78 is 0. The zero-order valence-electron chi connectivity index (χ0n) is 13.0. The van der Waals surface area contributed by atoms with Gasteiger partial charge in [0.1, 0.15) is 17.4 Å². The fraction of sp³-hybridized carbons (Fsp3) is 0. The molecule has 3 aromatic rings. The third kappa shape index (κ3) is 4.10. The number of amides is 1. The predicted molar refractivity (Wildman–Crippen MR) is 97.9 cm³/mol. The lowest BCUT2D eigenvalue weighted by Gasteiger charge is -2.01. The van der Waals surface area contributed by atoms with Crippen LogP contribution in [0, 0.1) is 11.3 Å². The van der Waals surface area contributed by atoms with Crippen LogP contribution in [0.2, 0.25) is 0 Å². The monoisotopic (exact) mass is 347 g/mol. The minimum absolute atomic E-state index is 0.0397. The van der Waals surface area contributed by atoms with Crippen molar-refractivity contribution in [2.24, 2.45) is 0 Å². The summed E-state index contributed by atoms with van der Waals surface area (Å²) in [4.78, 5) is 16.6. The number of hydrogen-bond acceptors (Lipinski definition) is 5. The molecule has 25 heavy (non-hydrogen) atoms. The highest BCUT2D eigenvalue weighted by Gasteiger charge is 2.12. The van der Waals surface area contributed by atoms with E-state index < -0.39 is 5.91 Å². The van der Waals surface area contributed by atoms with Crippen LogP contribution in [-0.4, -0.2) is 16.0 Å². The van der Waals surface area contributed by atoms with E-state index >= 15 is 0 Å². The number of aromatic nitrogens is 1. The molecular formula is C19H13N3O2S. The van der Waals surface area contributed by atoms with Crippen molar-refractivity contribution in [3.63, 3.8) is 0 Å². The Morgan fingerprint density at radius 2 is 1.88 bits per heavy atom. The molecular weight excluding hydrogens is 334 g/mol. The van der Waals surface area contributed by atoms with Gasteiger partial charge < -0.3 is 5.11 Å². The van der Waals surface area contributed by atoms with Crippen LogP contribution in [0.1, 0.15) is 5.56 Å². The van der Waals surface area contributed by atoms with E-state index in [0.29, 0.717) is 10.7 Å². The molecule has 122 valence electrons. The second-order valence-corrected chi connectivity index (χ2v) is 5.98. The first kappa shape index (κ1) is 16.4. The van der Waals surface area contributed by atoms with Crippen LogP contribution in [0.5, 0.6) is 5.75 Å². The fourth-order valence-electron chi connectivity index (χ4n) is 2.12. The first-order valence-corrected chi connectivity index (χ1v) is 8.27. The molecule has 0 aliphatic heterocycles. The summed E-state index contributed by atoms with van der Waals surface area (Å²) in [5.74, 6) is -0.402. The van der Waals surface area contributed by atoms with Gasteiger partial charge >= 0.3 is 0 Å². The quantitative estimate of drug-likeness (QED) is 0.550. The lowest BCUT2D eigenvalue weighted by molar-refractivity contribution is -0.112. The third-order valence-electron chi connectivity index (χ3n) is 3.36. The molecule has 0 radical (unpaired) electrons. The van der Waals surface area contributed by atoms with Crippen molar-refractivity contribution in [1.29, 1.82) is 5.26 Å². The van der Waals surface area contributed by atoms with Crippen molar-refractivity contribution >= 4 is 28.5 Å². The summed E-state index contributed by atoms with van der Waals surface area (Å²) in [5, 5.41) is 23.4. The normalized spacial score (nSPS) is 10.9. The van der Waals surface area contributed by atoms with E-state index in [2.05, 4.69) is 10.3 Å². The summed E-state index contributed by atoms with van der Waals surface area (Å²) in [5.41, 5.74) is 2.33. The number of anilines is 1. The van der Waals surface area contributed by atoms with Gasteiger partial charge in [0.25, 0.3) is 5.91 Å². The Hall–Kier alpha value is -3.43. The number of phenolic OH excluding ortho intramolecular Hbond substituents is 1. The molecule has 3 rings (SSSR count). The van der Waals surface area contributed by atoms with Crippen molar-refractivity contribution in [3.05, 3.63) is 71.1 Å². The van der Waals surface area contributed by atoms with Gasteiger partial charge in [0.15, 0.2) is 5.13 Å². The maximum Gasteiger partial charge on any atom is 0.268 e. The number of aromatic hydroxyl groups is 1. The minimum atomic E-state index is -0.524. The van der Waals surface area contributed by atoms with E-state index in [1.165, 1.54) is 29.5 Å². The van der Waals surface area contributed by atoms with Gasteiger partial charge in [0.05, 0.1) is 5.69 Å². The summed E-state index contributed by atoms with van der Waals surface area (Å²) in [7, 11) is 0. The van der Waals surface area contributed by atoms with Gasteiger partial charge in [-0.05, 0) is 23.8 Å². The Labute approximate surface area is 148 Å². The van der Waals surface area contributed by atoms with Crippen LogP contribution in [0.3, 0.4) is 0 Å². The van der Waals surface area contributed by atoms with Crippen LogP contribution in [0.15, 0.2) is 65.6 Å². The average Bonchev–Trinajstić information content (AvgIpc) is 3.10. The van der Waals surface area contributed by atoms with Crippen molar-refractivity contribution in [1.82, 2.24) is 4.98 Å². The minimum Gasteiger partial charge on any atom is -0.508 e. The number of nitriles is 1. The molecule has 0 spiro atoms. The van der Waals surface area contributed by atoms with Crippen molar-refractivity contribution in [2.45, 2.75) is 0 Å². The molecule has 0 aliphatic carbocycles. The Kier molecular flexibility index (Phi) is 4.88. The van der Waals surface area contributed by atoms with E-state index in [0.717, 1.165) is 11.3 Å². The molecule has 0 saturated carbocycles. The predicted octanol–water partition coefficient (Wildman–Crippen LogP) is 4.06. The second-order valence-electron chi connectivity index (χ2n) is 5.12. The van der Waals surface area contributed by atoms with Gasteiger partial charge in [-0.1, -0.05) is 42.5 Å². The van der Waals surface area contributed by atoms with E-state index in [1.54, 1.807) is 12.1 Å². The standard InChI is InChI=1S/C19H13N3O2S/c20-11-15(10-13-6-8-16(23)9-7-13)18(24)22-19-21-17(12-25-19)14-4-2-1-3-5-14/h1-10,12,23H,(H,21,22,24)/b15-10-. The van der Waals surface area contributed by atoms with Crippen LogP contribution in [0.4, 0.5) is 5.13 Å². The molecule has 0 atom stereocenters. The lowest BCUT2D eigenvalue weighted by Crippen LogP contribution is -2.13. The van der Waals surface area contributed by atoms with Gasteiger partial charge in [-0.15, -0.1) is 11.3 Å². The Balaban J connectivity index is 1.76. The molecule has 0 bridgehead atoms. The fourth-order valence-corrected chi connectivity index (χ4v) is 2.84. The molecule has 0 aliphatic rings. The molecule has 2 N–H and O–H groups in total. The Bertz CT molecular complexity index is 954. The first-order valence-electron chi connectivity index (χ1n) is 7.39. The summed E-state index contributed by atoms with van der Waals surface area (Å²) in [6, 6.07) is 17.7. The summed E-state index contributed by atoms with van der Waals surface area (Å²) in [6.45, 7) is 0.